The van der Waals surface area contributed by atoms with E-state index in [0.717, 1.165) is 4.31 Å². The topological polar surface area (TPSA) is 113 Å². The van der Waals surface area contributed by atoms with E-state index in [1.165, 1.54) is 20.2 Å². The van der Waals surface area contributed by atoms with E-state index in [1.807, 2.05) is 0 Å². The lowest BCUT2D eigenvalue weighted by Gasteiger charge is -2.13. The van der Waals surface area contributed by atoms with Gasteiger partial charge in [-0.3, -0.25) is 0 Å². The minimum Gasteiger partial charge on any atom is -0.478 e. The zero-order valence-corrected chi connectivity index (χ0v) is 12.5. The van der Waals surface area contributed by atoms with Gasteiger partial charge in [0.15, 0.2) is 0 Å². The van der Waals surface area contributed by atoms with Crippen molar-refractivity contribution >= 4 is 27.4 Å². The van der Waals surface area contributed by atoms with E-state index in [4.69, 9.17) is 10.8 Å². The SMILES string of the molecule is Cc1cc(NCCS(=O)(=O)N(C)C)cc(C(=O)O)c1N. The van der Waals surface area contributed by atoms with Crippen molar-refractivity contribution in [1.29, 1.82) is 0 Å². The summed E-state index contributed by atoms with van der Waals surface area (Å²) < 4.78 is 24.3. The van der Waals surface area contributed by atoms with Gasteiger partial charge in [0.1, 0.15) is 0 Å². The fourth-order valence-corrected chi connectivity index (χ4v) is 2.31. The molecule has 1 aromatic carbocycles. The number of benzene rings is 1. The van der Waals surface area contributed by atoms with Crippen molar-refractivity contribution in [2.24, 2.45) is 0 Å². The summed E-state index contributed by atoms with van der Waals surface area (Å²) in [6.45, 7) is 1.88. The second-order valence-corrected chi connectivity index (χ2v) is 6.89. The molecule has 8 heteroatoms. The second-order valence-electron chi connectivity index (χ2n) is 4.58. The summed E-state index contributed by atoms with van der Waals surface area (Å²) >= 11 is 0. The number of hydrogen-bond donors (Lipinski definition) is 3. The molecule has 4 N–H and O–H groups in total. The number of carbonyl (C=O) groups is 1. The Hall–Kier alpha value is -1.80. The van der Waals surface area contributed by atoms with E-state index in [2.05, 4.69) is 5.32 Å². The number of carboxylic acid groups (broad SMARTS) is 1. The van der Waals surface area contributed by atoms with E-state index >= 15 is 0 Å². The van der Waals surface area contributed by atoms with Gasteiger partial charge in [-0.25, -0.2) is 17.5 Å². The Balaban J connectivity index is 2.82. The number of hydrogen-bond acceptors (Lipinski definition) is 5. The molecule has 112 valence electrons. The molecule has 0 heterocycles. The Bertz CT molecular complexity index is 611. The van der Waals surface area contributed by atoms with Crippen LogP contribution >= 0.6 is 0 Å². The standard InChI is InChI=1S/C12H19N3O4S/c1-8-6-9(7-10(11(8)13)12(16)17)14-4-5-20(18,19)15(2)3/h6-7,14H,4-5,13H2,1-3H3,(H,16,17). The fourth-order valence-electron chi connectivity index (χ4n) is 1.58. The maximum atomic E-state index is 11.6. The minimum atomic E-state index is -3.28. The maximum Gasteiger partial charge on any atom is 0.337 e. The molecule has 0 saturated heterocycles. The number of aryl methyl sites for hydroxylation is 1. The van der Waals surface area contributed by atoms with E-state index in [1.54, 1.807) is 13.0 Å². The third kappa shape index (κ3) is 3.84. The molecular formula is C12H19N3O4S. The molecule has 0 aromatic heterocycles. The Labute approximate surface area is 118 Å². The van der Waals surface area contributed by atoms with Gasteiger partial charge in [-0.15, -0.1) is 0 Å². The monoisotopic (exact) mass is 301 g/mol. The highest BCUT2D eigenvalue weighted by atomic mass is 32.2. The van der Waals surface area contributed by atoms with Crippen LogP contribution in [-0.4, -0.2) is 50.2 Å². The molecule has 0 aliphatic carbocycles. The van der Waals surface area contributed by atoms with Crippen LogP contribution in [0, 0.1) is 6.92 Å². The average molecular weight is 301 g/mol. The smallest absolute Gasteiger partial charge is 0.337 e. The first-order valence-corrected chi connectivity index (χ1v) is 7.53. The van der Waals surface area contributed by atoms with Gasteiger partial charge >= 0.3 is 5.97 Å². The van der Waals surface area contributed by atoms with Crippen LogP contribution in [0.25, 0.3) is 0 Å². The van der Waals surface area contributed by atoms with Crippen molar-refractivity contribution in [3.63, 3.8) is 0 Å². The van der Waals surface area contributed by atoms with Gasteiger partial charge in [0.2, 0.25) is 10.0 Å². The zero-order valence-electron chi connectivity index (χ0n) is 11.7. The molecule has 0 fully saturated rings. The molecule has 20 heavy (non-hydrogen) atoms. The predicted octanol–water partition coefficient (Wildman–Crippen LogP) is 0.579. The van der Waals surface area contributed by atoms with Crippen LogP contribution in [-0.2, 0) is 10.0 Å². The van der Waals surface area contributed by atoms with Crippen molar-refractivity contribution in [3.8, 4) is 0 Å². The van der Waals surface area contributed by atoms with Crippen LogP contribution in [0.1, 0.15) is 15.9 Å². The zero-order chi connectivity index (χ0) is 15.5. The fraction of sp³-hybridized carbons (Fsp3) is 0.417. The Morgan fingerprint density at radius 3 is 2.50 bits per heavy atom. The Kier molecular flexibility index (Phi) is 4.96. The number of rotatable bonds is 6. The van der Waals surface area contributed by atoms with Crippen LogP contribution in [0.2, 0.25) is 0 Å². The molecule has 0 radical (unpaired) electrons. The molecule has 7 nitrogen and oxygen atoms in total. The first kappa shape index (κ1) is 16.3. The first-order valence-electron chi connectivity index (χ1n) is 5.92. The molecule has 0 amide bonds. The number of nitrogens with zero attached hydrogens (tertiary/aromatic N) is 1. The largest absolute Gasteiger partial charge is 0.478 e. The van der Waals surface area contributed by atoms with Crippen LogP contribution in [0.5, 0.6) is 0 Å². The third-order valence-electron chi connectivity index (χ3n) is 2.86. The summed E-state index contributed by atoms with van der Waals surface area (Å²) in [7, 11) is -0.356. The number of nitrogens with two attached hydrogens (primary N) is 1. The molecular weight excluding hydrogens is 282 g/mol. The van der Waals surface area contributed by atoms with Gasteiger partial charge in [0.05, 0.1) is 11.3 Å². The molecule has 0 aliphatic heterocycles. The highest BCUT2D eigenvalue weighted by Gasteiger charge is 2.14. The maximum absolute atomic E-state index is 11.6. The van der Waals surface area contributed by atoms with Crippen LogP contribution < -0.4 is 11.1 Å². The van der Waals surface area contributed by atoms with Crippen molar-refractivity contribution < 1.29 is 18.3 Å². The van der Waals surface area contributed by atoms with Gasteiger partial charge in [0, 0.05) is 32.0 Å². The van der Waals surface area contributed by atoms with Crippen LogP contribution in [0.4, 0.5) is 11.4 Å². The normalized spacial score (nSPS) is 11.6. The summed E-state index contributed by atoms with van der Waals surface area (Å²) in [5.41, 5.74) is 7.05. The quantitative estimate of drug-likeness (QED) is 0.662. The summed E-state index contributed by atoms with van der Waals surface area (Å²) in [4.78, 5) is 11.0. The lowest BCUT2D eigenvalue weighted by Crippen LogP contribution is -2.28. The lowest BCUT2D eigenvalue weighted by atomic mass is 10.1. The van der Waals surface area contributed by atoms with Crippen molar-refractivity contribution in [2.75, 3.05) is 37.4 Å². The van der Waals surface area contributed by atoms with Crippen molar-refractivity contribution in [3.05, 3.63) is 23.3 Å². The molecule has 1 rings (SSSR count). The van der Waals surface area contributed by atoms with Crippen molar-refractivity contribution in [1.82, 2.24) is 4.31 Å². The number of carboxylic acids is 1. The van der Waals surface area contributed by atoms with E-state index in [9.17, 15) is 13.2 Å². The number of anilines is 2. The molecule has 0 saturated carbocycles. The molecule has 0 aliphatic rings. The summed E-state index contributed by atoms with van der Waals surface area (Å²) in [6, 6.07) is 3.08. The van der Waals surface area contributed by atoms with Crippen LogP contribution in [0.15, 0.2) is 12.1 Å². The average Bonchev–Trinajstić information content (AvgIpc) is 2.32. The minimum absolute atomic E-state index is 0.00275. The van der Waals surface area contributed by atoms with Gasteiger partial charge in [-0.1, -0.05) is 0 Å². The van der Waals surface area contributed by atoms with Gasteiger partial charge in [-0.2, -0.15) is 0 Å². The Morgan fingerprint density at radius 1 is 1.40 bits per heavy atom. The summed E-state index contributed by atoms with van der Waals surface area (Å²) in [5.74, 6) is -1.19. The van der Waals surface area contributed by atoms with E-state index in [0.29, 0.717) is 11.3 Å². The summed E-state index contributed by atoms with van der Waals surface area (Å²) in [6.07, 6.45) is 0. The molecule has 0 atom stereocenters. The van der Waals surface area contributed by atoms with Gasteiger partial charge < -0.3 is 16.2 Å². The highest BCUT2D eigenvalue weighted by Crippen LogP contribution is 2.22. The third-order valence-corrected chi connectivity index (χ3v) is 4.70. The lowest BCUT2D eigenvalue weighted by molar-refractivity contribution is 0.0698. The predicted molar refractivity (Wildman–Crippen MR) is 78.5 cm³/mol. The molecule has 0 spiro atoms. The molecule has 1 aromatic rings. The Morgan fingerprint density at radius 2 is 2.00 bits per heavy atom. The van der Waals surface area contributed by atoms with Crippen LogP contribution in [0.3, 0.4) is 0 Å². The molecule has 0 unspecified atom stereocenters. The number of nitrogens with one attached hydrogen (secondary N) is 1. The molecule has 0 bridgehead atoms. The van der Waals surface area contributed by atoms with Gasteiger partial charge in [-0.05, 0) is 24.6 Å². The first-order chi connectivity index (χ1) is 9.15. The number of sulfonamides is 1. The van der Waals surface area contributed by atoms with E-state index in [-0.39, 0.29) is 23.5 Å². The highest BCUT2D eigenvalue weighted by molar-refractivity contribution is 7.89. The number of aromatic carboxylic acids is 1. The summed E-state index contributed by atoms with van der Waals surface area (Å²) in [5, 5.41) is 11.9. The van der Waals surface area contributed by atoms with Gasteiger partial charge in [0.25, 0.3) is 0 Å². The number of nitrogen functional groups attached to an aromatic ring is 1. The van der Waals surface area contributed by atoms with E-state index < -0.39 is 16.0 Å². The van der Waals surface area contributed by atoms with Crippen molar-refractivity contribution in [2.45, 2.75) is 6.92 Å². The second kappa shape index (κ2) is 6.10.